The van der Waals surface area contributed by atoms with Crippen LogP contribution in [-0.2, 0) is 0 Å². The maximum Gasteiger partial charge on any atom is 0.0141 e. The standard InChI is InChI=1S/C11H23N/c1-3-5-6-7-8-9-11-12-10-4-2/h4,10,12H,3,5-9,11H2,1-2H3. The second-order valence-corrected chi connectivity index (χ2v) is 3.22. The van der Waals surface area contributed by atoms with E-state index < -0.39 is 0 Å². The normalized spacial score (nSPS) is 10.8. The van der Waals surface area contributed by atoms with Gasteiger partial charge in [0.2, 0.25) is 0 Å². The van der Waals surface area contributed by atoms with Crippen molar-refractivity contribution in [1.82, 2.24) is 5.32 Å². The van der Waals surface area contributed by atoms with Gasteiger partial charge in [0.05, 0.1) is 0 Å². The summed E-state index contributed by atoms with van der Waals surface area (Å²) in [5.41, 5.74) is 0. The summed E-state index contributed by atoms with van der Waals surface area (Å²) >= 11 is 0. The lowest BCUT2D eigenvalue weighted by molar-refractivity contribution is 0.598. The number of unbranched alkanes of at least 4 members (excludes halogenated alkanes) is 5. The average molecular weight is 169 g/mol. The Labute approximate surface area is 77.2 Å². The number of nitrogens with one attached hydrogen (secondary N) is 1. The van der Waals surface area contributed by atoms with Crippen LogP contribution in [-0.4, -0.2) is 6.54 Å². The molecule has 0 atom stereocenters. The van der Waals surface area contributed by atoms with Gasteiger partial charge in [-0.3, -0.25) is 0 Å². The van der Waals surface area contributed by atoms with E-state index in [1.54, 1.807) is 0 Å². The first-order chi connectivity index (χ1) is 5.91. The molecule has 0 heterocycles. The second-order valence-electron chi connectivity index (χ2n) is 3.22. The Hall–Kier alpha value is -0.460. The largest absolute Gasteiger partial charge is 0.391 e. The molecule has 0 amide bonds. The highest BCUT2D eigenvalue weighted by atomic mass is 14.8. The zero-order valence-corrected chi connectivity index (χ0v) is 8.60. The third kappa shape index (κ3) is 9.54. The Kier molecular flexibility index (Phi) is 10.1. The predicted octanol–water partition coefficient (Wildman–Crippen LogP) is 3.47. The van der Waals surface area contributed by atoms with Gasteiger partial charge < -0.3 is 5.32 Å². The van der Waals surface area contributed by atoms with E-state index in [9.17, 15) is 0 Å². The van der Waals surface area contributed by atoms with E-state index in [4.69, 9.17) is 0 Å². The zero-order chi connectivity index (χ0) is 9.07. The summed E-state index contributed by atoms with van der Waals surface area (Å²) in [6.45, 7) is 5.43. The Bertz CT molecular complexity index is 97.2. The maximum atomic E-state index is 3.25. The summed E-state index contributed by atoms with van der Waals surface area (Å²) in [6, 6.07) is 0. The molecule has 0 saturated heterocycles. The van der Waals surface area contributed by atoms with Crippen molar-refractivity contribution in [3.8, 4) is 0 Å². The molecule has 0 aromatic carbocycles. The fourth-order valence-electron chi connectivity index (χ4n) is 1.21. The van der Waals surface area contributed by atoms with Crippen molar-refractivity contribution < 1.29 is 0 Å². The molecule has 0 aliphatic carbocycles. The highest BCUT2D eigenvalue weighted by Gasteiger charge is 1.87. The summed E-state index contributed by atoms with van der Waals surface area (Å²) in [6.07, 6.45) is 12.3. The Balaban J connectivity index is 2.81. The van der Waals surface area contributed by atoms with Crippen LogP contribution in [0.2, 0.25) is 0 Å². The van der Waals surface area contributed by atoms with Gasteiger partial charge in [-0.2, -0.15) is 0 Å². The van der Waals surface area contributed by atoms with E-state index in [-0.39, 0.29) is 0 Å². The highest BCUT2D eigenvalue weighted by molar-refractivity contribution is 4.73. The van der Waals surface area contributed by atoms with E-state index >= 15 is 0 Å². The van der Waals surface area contributed by atoms with Gasteiger partial charge in [0.15, 0.2) is 0 Å². The second kappa shape index (κ2) is 10.5. The first-order valence-electron chi connectivity index (χ1n) is 5.26. The fourth-order valence-corrected chi connectivity index (χ4v) is 1.21. The molecule has 0 unspecified atom stereocenters. The van der Waals surface area contributed by atoms with Gasteiger partial charge in [0, 0.05) is 6.54 Å². The summed E-state index contributed by atoms with van der Waals surface area (Å²) in [5, 5.41) is 3.25. The summed E-state index contributed by atoms with van der Waals surface area (Å²) in [4.78, 5) is 0. The van der Waals surface area contributed by atoms with Crippen molar-refractivity contribution >= 4 is 0 Å². The third-order valence-electron chi connectivity index (χ3n) is 1.96. The molecule has 0 fully saturated rings. The molecule has 0 radical (unpaired) electrons. The molecule has 0 aliphatic rings. The van der Waals surface area contributed by atoms with Crippen LogP contribution in [0.5, 0.6) is 0 Å². The number of allylic oxidation sites excluding steroid dienone is 1. The quantitative estimate of drug-likeness (QED) is 0.549. The Morgan fingerprint density at radius 2 is 1.67 bits per heavy atom. The number of rotatable bonds is 8. The van der Waals surface area contributed by atoms with Gasteiger partial charge >= 0.3 is 0 Å². The van der Waals surface area contributed by atoms with Crippen LogP contribution >= 0.6 is 0 Å². The third-order valence-corrected chi connectivity index (χ3v) is 1.96. The van der Waals surface area contributed by atoms with Crippen LogP contribution in [0.15, 0.2) is 12.3 Å². The molecule has 0 aliphatic heterocycles. The van der Waals surface area contributed by atoms with Crippen LogP contribution in [0.3, 0.4) is 0 Å². The maximum absolute atomic E-state index is 3.25. The van der Waals surface area contributed by atoms with Gasteiger partial charge in [-0.1, -0.05) is 45.1 Å². The van der Waals surface area contributed by atoms with Gasteiger partial charge in [-0.25, -0.2) is 0 Å². The lowest BCUT2D eigenvalue weighted by Crippen LogP contribution is -2.05. The molecule has 1 heteroatoms. The van der Waals surface area contributed by atoms with Gasteiger partial charge in [-0.05, 0) is 19.5 Å². The molecule has 0 aromatic heterocycles. The zero-order valence-electron chi connectivity index (χ0n) is 8.60. The average Bonchev–Trinajstić information content (AvgIpc) is 2.10. The topological polar surface area (TPSA) is 12.0 Å². The van der Waals surface area contributed by atoms with E-state index in [0.717, 1.165) is 6.54 Å². The summed E-state index contributed by atoms with van der Waals surface area (Å²) in [5.74, 6) is 0. The van der Waals surface area contributed by atoms with Crippen LogP contribution in [0, 0.1) is 0 Å². The molecule has 0 saturated carbocycles. The number of hydrogen-bond acceptors (Lipinski definition) is 1. The lowest BCUT2D eigenvalue weighted by Gasteiger charge is -2.00. The van der Waals surface area contributed by atoms with Gasteiger partial charge in [0.1, 0.15) is 0 Å². The minimum absolute atomic E-state index is 1.14. The molecule has 0 rings (SSSR count). The van der Waals surface area contributed by atoms with Crippen molar-refractivity contribution in [2.75, 3.05) is 6.54 Å². The molecule has 1 N–H and O–H groups in total. The minimum atomic E-state index is 1.14. The van der Waals surface area contributed by atoms with E-state index in [0.29, 0.717) is 0 Å². The summed E-state index contributed by atoms with van der Waals surface area (Å²) in [7, 11) is 0. The molecule has 72 valence electrons. The van der Waals surface area contributed by atoms with Crippen molar-refractivity contribution in [1.29, 1.82) is 0 Å². The molecule has 0 spiro atoms. The fraction of sp³-hybridized carbons (Fsp3) is 0.818. The van der Waals surface area contributed by atoms with Crippen LogP contribution < -0.4 is 5.32 Å². The summed E-state index contributed by atoms with van der Waals surface area (Å²) < 4.78 is 0. The van der Waals surface area contributed by atoms with Crippen molar-refractivity contribution in [3.63, 3.8) is 0 Å². The highest BCUT2D eigenvalue weighted by Crippen LogP contribution is 2.03. The van der Waals surface area contributed by atoms with Crippen LogP contribution in [0.25, 0.3) is 0 Å². The molecule has 0 aromatic rings. The molecule has 12 heavy (non-hydrogen) atoms. The van der Waals surface area contributed by atoms with Crippen molar-refractivity contribution in [2.24, 2.45) is 0 Å². The Morgan fingerprint density at radius 3 is 2.33 bits per heavy atom. The monoisotopic (exact) mass is 169 g/mol. The minimum Gasteiger partial charge on any atom is -0.391 e. The first-order valence-corrected chi connectivity index (χ1v) is 5.26. The van der Waals surface area contributed by atoms with E-state index in [1.807, 2.05) is 19.2 Å². The molecule has 1 nitrogen and oxygen atoms in total. The molecule has 0 bridgehead atoms. The van der Waals surface area contributed by atoms with Crippen molar-refractivity contribution in [2.45, 2.75) is 52.4 Å². The molecular weight excluding hydrogens is 146 g/mol. The van der Waals surface area contributed by atoms with Gasteiger partial charge in [0.25, 0.3) is 0 Å². The first kappa shape index (κ1) is 11.5. The molecular formula is C11H23N. The van der Waals surface area contributed by atoms with E-state index in [2.05, 4.69) is 12.2 Å². The number of hydrogen-bond donors (Lipinski definition) is 1. The Morgan fingerprint density at radius 1 is 1.00 bits per heavy atom. The van der Waals surface area contributed by atoms with Crippen LogP contribution in [0.1, 0.15) is 52.4 Å². The predicted molar refractivity (Wildman–Crippen MR) is 56.2 cm³/mol. The van der Waals surface area contributed by atoms with Crippen molar-refractivity contribution in [3.05, 3.63) is 12.3 Å². The van der Waals surface area contributed by atoms with Gasteiger partial charge in [-0.15, -0.1) is 0 Å². The smallest absolute Gasteiger partial charge is 0.0141 e. The van der Waals surface area contributed by atoms with Crippen LogP contribution in [0.4, 0.5) is 0 Å². The lowest BCUT2D eigenvalue weighted by atomic mass is 10.1. The van der Waals surface area contributed by atoms with E-state index in [1.165, 1.54) is 38.5 Å². The SMILES string of the molecule is CC=CNCCCCCCCC.